The predicted molar refractivity (Wildman–Crippen MR) is 65.7 cm³/mol. The van der Waals surface area contributed by atoms with Crippen LogP contribution in [0.4, 0.5) is 5.69 Å². The van der Waals surface area contributed by atoms with Crippen LogP contribution < -0.4 is 5.32 Å². The quantitative estimate of drug-likeness (QED) is 0.628. The molecule has 0 aromatic heterocycles. The maximum Gasteiger partial charge on any atom is 0.315 e. The van der Waals surface area contributed by atoms with Crippen molar-refractivity contribution >= 4 is 17.6 Å². The molecule has 1 N–H and O–H groups in total. The Kier molecular flexibility index (Phi) is 5.20. The van der Waals surface area contributed by atoms with Gasteiger partial charge in [0.25, 0.3) is 0 Å². The molecule has 4 heteroatoms. The molecule has 1 aromatic rings. The van der Waals surface area contributed by atoms with Crippen LogP contribution in [0.2, 0.25) is 0 Å². The molecule has 1 rings (SSSR count). The maximum atomic E-state index is 11.4. The number of anilines is 1. The summed E-state index contributed by atoms with van der Waals surface area (Å²) in [4.78, 5) is 22.5. The minimum absolute atomic E-state index is 0.247. The van der Waals surface area contributed by atoms with Crippen LogP contribution in [0.25, 0.3) is 0 Å². The molecule has 4 nitrogen and oxygen atoms in total. The number of amides is 1. The monoisotopic (exact) mass is 235 g/mol. The van der Waals surface area contributed by atoms with E-state index in [0.717, 1.165) is 6.42 Å². The van der Waals surface area contributed by atoms with Crippen LogP contribution in [0.15, 0.2) is 24.3 Å². The van der Waals surface area contributed by atoms with Crippen LogP contribution in [0, 0.1) is 0 Å². The molecule has 0 saturated heterocycles. The SMILES string of the molecule is CCOC(=O)CC(=O)Nc1ccc(CC)cc1. The van der Waals surface area contributed by atoms with E-state index in [1.165, 1.54) is 5.56 Å². The first kappa shape index (κ1) is 13.2. The van der Waals surface area contributed by atoms with Gasteiger partial charge < -0.3 is 10.1 Å². The number of carbonyl (C=O) groups excluding carboxylic acids is 2. The Labute approximate surface area is 101 Å². The summed E-state index contributed by atoms with van der Waals surface area (Å²) in [6.45, 7) is 4.06. The molecule has 0 radical (unpaired) electrons. The predicted octanol–water partition coefficient (Wildman–Crippen LogP) is 2.14. The van der Waals surface area contributed by atoms with E-state index in [1.807, 2.05) is 24.3 Å². The third-order valence-corrected chi connectivity index (χ3v) is 2.26. The second-order valence-corrected chi connectivity index (χ2v) is 3.58. The zero-order chi connectivity index (χ0) is 12.7. The molecule has 0 spiro atoms. The smallest absolute Gasteiger partial charge is 0.315 e. The second kappa shape index (κ2) is 6.68. The number of carbonyl (C=O) groups is 2. The number of nitrogens with one attached hydrogen (secondary N) is 1. The van der Waals surface area contributed by atoms with E-state index in [0.29, 0.717) is 5.69 Å². The average Bonchev–Trinajstić information content (AvgIpc) is 2.30. The summed E-state index contributed by atoms with van der Waals surface area (Å²) >= 11 is 0. The lowest BCUT2D eigenvalue weighted by Crippen LogP contribution is -2.18. The van der Waals surface area contributed by atoms with Crippen LogP contribution in [-0.2, 0) is 20.7 Å². The third kappa shape index (κ3) is 4.68. The van der Waals surface area contributed by atoms with Gasteiger partial charge >= 0.3 is 5.97 Å². The number of ether oxygens (including phenoxy) is 1. The summed E-state index contributed by atoms with van der Waals surface area (Å²) in [7, 11) is 0. The highest BCUT2D eigenvalue weighted by Gasteiger charge is 2.09. The number of benzene rings is 1. The normalized spacial score (nSPS) is 9.76. The summed E-state index contributed by atoms with van der Waals surface area (Å²) < 4.78 is 4.69. The first-order valence-electron chi connectivity index (χ1n) is 5.70. The van der Waals surface area contributed by atoms with Gasteiger partial charge in [-0.3, -0.25) is 9.59 Å². The van der Waals surface area contributed by atoms with E-state index in [2.05, 4.69) is 17.0 Å². The number of esters is 1. The van der Waals surface area contributed by atoms with Gasteiger partial charge in [0.05, 0.1) is 6.61 Å². The highest BCUT2D eigenvalue weighted by Crippen LogP contribution is 2.10. The molecule has 17 heavy (non-hydrogen) atoms. The number of rotatable bonds is 5. The Balaban J connectivity index is 2.47. The lowest BCUT2D eigenvalue weighted by molar-refractivity contribution is -0.145. The molecule has 92 valence electrons. The van der Waals surface area contributed by atoms with Gasteiger partial charge in [0, 0.05) is 5.69 Å². The zero-order valence-electron chi connectivity index (χ0n) is 10.2. The van der Waals surface area contributed by atoms with E-state index in [1.54, 1.807) is 6.92 Å². The molecule has 0 fully saturated rings. The molecule has 1 aromatic carbocycles. The van der Waals surface area contributed by atoms with Gasteiger partial charge in [-0.25, -0.2) is 0 Å². The Bertz CT molecular complexity index is 384. The fraction of sp³-hybridized carbons (Fsp3) is 0.385. The van der Waals surface area contributed by atoms with Crippen molar-refractivity contribution in [3.05, 3.63) is 29.8 Å². The molecule has 0 atom stereocenters. The number of hydrogen-bond acceptors (Lipinski definition) is 3. The van der Waals surface area contributed by atoms with Crippen LogP contribution >= 0.6 is 0 Å². The van der Waals surface area contributed by atoms with Crippen LogP contribution in [0.3, 0.4) is 0 Å². The standard InChI is InChI=1S/C13H17NO3/c1-3-10-5-7-11(8-6-10)14-12(15)9-13(16)17-4-2/h5-8H,3-4,9H2,1-2H3,(H,14,15). The van der Waals surface area contributed by atoms with Gasteiger partial charge in [-0.15, -0.1) is 0 Å². The van der Waals surface area contributed by atoms with Crippen molar-refractivity contribution in [1.29, 1.82) is 0 Å². The van der Waals surface area contributed by atoms with Crippen LogP contribution in [-0.4, -0.2) is 18.5 Å². The highest BCUT2D eigenvalue weighted by atomic mass is 16.5. The molecule has 0 bridgehead atoms. The van der Waals surface area contributed by atoms with Gasteiger partial charge in [0.15, 0.2) is 0 Å². The molecule has 0 aliphatic heterocycles. The summed E-state index contributed by atoms with van der Waals surface area (Å²) in [6, 6.07) is 7.53. The fourth-order valence-corrected chi connectivity index (χ4v) is 1.37. The first-order valence-corrected chi connectivity index (χ1v) is 5.70. The first-order chi connectivity index (χ1) is 8.15. The second-order valence-electron chi connectivity index (χ2n) is 3.58. The van der Waals surface area contributed by atoms with Crippen LogP contribution in [0.1, 0.15) is 25.8 Å². The minimum atomic E-state index is -0.504. The molecule has 0 saturated carbocycles. The lowest BCUT2D eigenvalue weighted by atomic mass is 10.1. The van der Waals surface area contributed by atoms with Gasteiger partial charge in [0.1, 0.15) is 6.42 Å². The summed E-state index contributed by atoms with van der Waals surface area (Å²) in [5.41, 5.74) is 1.89. The van der Waals surface area contributed by atoms with Crippen molar-refractivity contribution in [2.24, 2.45) is 0 Å². The Morgan fingerprint density at radius 3 is 2.35 bits per heavy atom. The zero-order valence-corrected chi connectivity index (χ0v) is 10.2. The third-order valence-electron chi connectivity index (χ3n) is 2.26. The van der Waals surface area contributed by atoms with Gasteiger partial charge in [0.2, 0.25) is 5.91 Å². The van der Waals surface area contributed by atoms with E-state index in [-0.39, 0.29) is 18.9 Å². The molecule has 0 unspecified atom stereocenters. The Hall–Kier alpha value is -1.84. The summed E-state index contributed by atoms with van der Waals surface area (Å²) in [5, 5.41) is 2.64. The maximum absolute atomic E-state index is 11.4. The summed E-state index contributed by atoms with van der Waals surface area (Å²) in [6.07, 6.45) is 0.709. The van der Waals surface area contributed by atoms with Crippen molar-refractivity contribution in [3.63, 3.8) is 0 Å². The topological polar surface area (TPSA) is 55.4 Å². The molecule has 0 aliphatic rings. The highest BCUT2D eigenvalue weighted by molar-refractivity contribution is 6.01. The van der Waals surface area contributed by atoms with Gasteiger partial charge in [-0.2, -0.15) is 0 Å². The van der Waals surface area contributed by atoms with Crippen molar-refractivity contribution in [3.8, 4) is 0 Å². The van der Waals surface area contributed by atoms with E-state index in [9.17, 15) is 9.59 Å². The molecular formula is C13H17NO3. The average molecular weight is 235 g/mol. The summed E-state index contributed by atoms with van der Waals surface area (Å²) in [5.74, 6) is -0.858. The number of aryl methyl sites for hydroxylation is 1. The van der Waals surface area contributed by atoms with Crippen molar-refractivity contribution in [2.75, 3.05) is 11.9 Å². The van der Waals surface area contributed by atoms with E-state index >= 15 is 0 Å². The molecular weight excluding hydrogens is 218 g/mol. The Morgan fingerprint density at radius 2 is 1.82 bits per heavy atom. The van der Waals surface area contributed by atoms with E-state index < -0.39 is 5.97 Å². The van der Waals surface area contributed by atoms with Crippen LogP contribution in [0.5, 0.6) is 0 Å². The minimum Gasteiger partial charge on any atom is -0.466 e. The van der Waals surface area contributed by atoms with E-state index in [4.69, 9.17) is 0 Å². The van der Waals surface area contributed by atoms with Crippen molar-refractivity contribution < 1.29 is 14.3 Å². The molecule has 1 amide bonds. The van der Waals surface area contributed by atoms with Crippen molar-refractivity contribution in [2.45, 2.75) is 26.7 Å². The lowest BCUT2D eigenvalue weighted by Gasteiger charge is -2.05. The Morgan fingerprint density at radius 1 is 1.18 bits per heavy atom. The molecule has 0 heterocycles. The number of hydrogen-bond donors (Lipinski definition) is 1. The van der Waals surface area contributed by atoms with Gasteiger partial charge in [-0.1, -0.05) is 19.1 Å². The molecule has 0 aliphatic carbocycles. The fourth-order valence-electron chi connectivity index (χ4n) is 1.37. The van der Waals surface area contributed by atoms with Crippen molar-refractivity contribution in [1.82, 2.24) is 0 Å². The largest absolute Gasteiger partial charge is 0.466 e. The van der Waals surface area contributed by atoms with Gasteiger partial charge in [-0.05, 0) is 31.0 Å².